The molecule has 0 N–H and O–H groups in total. The summed E-state index contributed by atoms with van der Waals surface area (Å²) in [5.41, 5.74) is 3.59. The van der Waals surface area contributed by atoms with Gasteiger partial charge in [-0.1, -0.05) is 41.9 Å². The van der Waals surface area contributed by atoms with Gasteiger partial charge in [0.1, 0.15) is 12.4 Å². The summed E-state index contributed by atoms with van der Waals surface area (Å²) < 4.78 is 6.69. The Hall–Kier alpha value is -2.99. The zero-order valence-corrected chi connectivity index (χ0v) is 15.4. The summed E-state index contributed by atoms with van der Waals surface area (Å²) in [6, 6.07) is 15.3. The average Bonchev–Trinajstić information content (AvgIpc) is 3.13. The predicted molar refractivity (Wildman–Crippen MR) is 102 cm³/mol. The summed E-state index contributed by atoms with van der Waals surface area (Å²) in [7, 11) is 1.38. The molecule has 2 heterocycles. The number of hydrogen-bond acceptors (Lipinski definition) is 5. The molecule has 0 radical (unpaired) electrons. The SMILES string of the molecule is COC(=O)CCC1N=C(c2ccccc2)c2cc(Cl)ccc2-n2cnnc21. The summed E-state index contributed by atoms with van der Waals surface area (Å²) in [4.78, 5) is 16.6. The molecular formula is C20H17ClN4O2. The largest absolute Gasteiger partial charge is 0.469 e. The van der Waals surface area contributed by atoms with Gasteiger partial charge >= 0.3 is 5.97 Å². The molecule has 1 unspecified atom stereocenters. The van der Waals surface area contributed by atoms with Crippen molar-refractivity contribution in [2.75, 3.05) is 7.11 Å². The minimum absolute atomic E-state index is 0.247. The van der Waals surface area contributed by atoms with E-state index in [4.69, 9.17) is 21.3 Å². The van der Waals surface area contributed by atoms with E-state index >= 15 is 0 Å². The Labute approximate surface area is 161 Å². The molecule has 136 valence electrons. The van der Waals surface area contributed by atoms with Gasteiger partial charge in [0.15, 0.2) is 5.82 Å². The number of carbonyl (C=O) groups is 1. The molecule has 1 aromatic heterocycles. The lowest BCUT2D eigenvalue weighted by Crippen LogP contribution is -2.08. The van der Waals surface area contributed by atoms with E-state index in [9.17, 15) is 4.79 Å². The average molecular weight is 381 g/mol. The topological polar surface area (TPSA) is 69.4 Å². The van der Waals surface area contributed by atoms with Gasteiger partial charge in [0.05, 0.1) is 18.5 Å². The first-order valence-corrected chi connectivity index (χ1v) is 8.95. The number of aliphatic imine (C=N–C) groups is 1. The second-order valence-electron chi connectivity index (χ2n) is 6.19. The Morgan fingerprint density at radius 2 is 2.04 bits per heavy atom. The first-order chi connectivity index (χ1) is 13.2. The van der Waals surface area contributed by atoms with Crippen LogP contribution in [0, 0.1) is 0 Å². The number of methoxy groups -OCH3 is 1. The van der Waals surface area contributed by atoms with Gasteiger partial charge in [0.25, 0.3) is 0 Å². The summed E-state index contributed by atoms with van der Waals surface area (Å²) >= 11 is 6.28. The zero-order chi connectivity index (χ0) is 18.8. The molecule has 1 atom stereocenters. The third-order valence-electron chi connectivity index (χ3n) is 4.53. The van der Waals surface area contributed by atoms with E-state index in [1.807, 2.05) is 53.1 Å². The number of ether oxygens (including phenoxy) is 1. The predicted octanol–water partition coefficient (Wildman–Crippen LogP) is 3.77. The number of benzene rings is 2. The summed E-state index contributed by atoms with van der Waals surface area (Å²) in [6.45, 7) is 0. The maximum absolute atomic E-state index is 11.7. The summed E-state index contributed by atoms with van der Waals surface area (Å²) in [5, 5.41) is 8.95. The third kappa shape index (κ3) is 3.36. The molecule has 0 saturated carbocycles. The molecule has 0 saturated heterocycles. The van der Waals surface area contributed by atoms with Gasteiger partial charge < -0.3 is 4.74 Å². The molecule has 6 nitrogen and oxygen atoms in total. The minimum Gasteiger partial charge on any atom is -0.469 e. The fourth-order valence-electron chi connectivity index (χ4n) is 3.22. The number of nitrogens with zero attached hydrogens (tertiary/aromatic N) is 4. The van der Waals surface area contributed by atoms with Gasteiger partial charge in [-0.25, -0.2) is 0 Å². The number of halogens is 1. The van der Waals surface area contributed by atoms with Crippen LogP contribution in [0.2, 0.25) is 5.02 Å². The smallest absolute Gasteiger partial charge is 0.305 e. The van der Waals surface area contributed by atoms with Crippen molar-refractivity contribution >= 4 is 23.3 Å². The van der Waals surface area contributed by atoms with Crippen molar-refractivity contribution in [1.82, 2.24) is 14.8 Å². The highest BCUT2D eigenvalue weighted by molar-refractivity contribution is 6.31. The van der Waals surface area contributed by atoms with Crippen molar-refractivity contribution in [1.29, 1.82) is 0 Å². The maximum Gasteiger partial charge on any atom is 0.305 e. The van der Waals surface area contributed by atoms with Gasteiger partial charge in [-0.15, -0.1) is 10.2 Å². The number of rotatable bonds is 4. The molecule has 1 aliphatic heterocycles. The van der Waals surface area contributed by atoms with Gasteiger partial charge in [-0.2, -0.15) is 0 Å². The molecule has 1 aliphatic rings. The van der Waals surface area contributed by atoms with Crippen LogP contribution < -0.4 is 0 Å². The van der Waals surface area contributed by atoms with E-state index in [-0.39, 0.29) is 18.4 Å². The molecular weight excluding hydrogens is 364 g/mol. The first-order valence-electron chi connectivity index (χ1n) is 8.57. The highest BCUT2D eigenvalue weighted by Crippen LogP contribution is 2.33. The van der Waals surface area contributed by atoms with Crippen molar-refractivity contribution in [3.8, 4) is 5.69 Å². The van der Waals surface area contributed by atoms with Crippen molar-refractivity contribution < 1.29 is 9.53 Å². The molecule has 4 rings (SSSR count). The number of fused-ring (bicyclic) bond motifs is 3. The van der Waals surface area contributed by atoms with Gasteiger partial charge in [-0.05, 0) is 24.6 Å². The van der Waals surface area contributed by atoms with Gasteiger partial charge in [0.2, 0.25) is 0 Å². The maximum atomic E-state index is 11.7. The van der Waals surface area contributed by atoms with E-state index < -0.39 is 0 Å². The zero-order valence-electron chi connectivity index (χ0n) is 14.7. The number of hydrogen-bond donors (Lipinski definition) is 0. The molecule has 27 heavy (non-hydrogen) atoms. The first kappa shape index (κ1) is 17.4. The Balaban J connectivity index is 1.89. The second-order valence-corrected chi connectivity index (χ2v) is 6.63. The monoisotopic (exact) mass is 380 g/mol. The molecule has 0 bridgehead atoms. The van der Waals surface area contributed by atoms with Crippen LogP contribution in [-0.2, 0) is 9.53 Å². The van der Waals surface area contributed by atoms with Crippen molar-refractivity contribution in [2.24, 2.45) is 4.99 Å². The molecule has 3 aromatic rings. The normalized spacial score (nSPS) is 15.3. The molecule has 0 aliphatic carbocycles. The second kappa shape index (κ2) is 7.32. The van der Waals surface area contributed by atoms with Crippen LogP contribution >= 0.6 is 11.6 Å². The Morgan fingerprint density at radius 3 is 2.81 bits per heavy atom. The van der Waals surface area contributed by atoms with Crippen molar-refractivity contribution in [3.63, 3.8) is 0 Å². The molecule has 0 spiro atoms. The third-order valence-corrected chi connectivity index (χ3v) is 4.76. The van der Waals surface area contributed by atoms with Crippen LogP contribution in [0.5, 0.6) is 0 Å². The lowest BCUT2D eigenvalue weighted by molar-refractivity contribution is -0.140. The summed E-state index contributed by atoms with van der Waals surface area (Å²) in [6.07, 6.45) is 2.39. The molecule has 0 amide bonds. The van der Waals surface area contributed by atoms with Gasteiger partial charge in [0, 0.05) is 22.6 Å². The fraction of sp³-hybridized carbons (Fsp3) is 0.200. The Morgan fingerprint density at radius 1 is 1.22 bits per heavy atom. The van der Waals surface area contributed by atoms with E-state index in [0.717, 1.165) is 22.5 Å². The van der Waals surface area contributed by atoms with E-state index in [1.165, 1.54) is 7.11 Å². The van der Waals surface area contributed by atoms with Crippen LogP contribution in [0.15, 0.2) is 59.9 Å². The lowest BCUT2D eigenvalue weighted by atomic mass is 10.0. The lowest BCUT2D eigenvalue weighted by Gasteiger charge is -2.11. The van der Waals surface area contributed by atoms with Gasteiger partial charge in [-0.3, -0.25) is 14.4 Å². The Bertz CT molecular complexity index is 1010. The minimum atomic E-state index is -0.326. The number of esters is 1. The highest BCUT2D eigenvalue weighted by Gasteiger charge is 2.27. The summed E-state index contributed by atoms with van der Waals surface area (Å²) in [5.74, 6) is 0.413. The number of aromatic nitrogens is 3. The van der Waals surface area contributed by atoms with Crippen LogP contribution in [0.3, 0.4) is 0 Å². The highest BCUT2D eigenvalue weighted by atomic mass is 35.5. The number of carbonyl (C=O) groups excluding carboxylic acids is 1. The van der Waals surface area contributed by atoms with Crippen molar-refractivity contribution in [3.05, 3.63) is 76.8 Å². The Kier molecular flexibility index (Phi) is 4.73. The fourth-order valence-corrected chi connectivity index (χ4v) is 3.40. The van der Waals surface area contributed by atoms with E-state index in [0.29, 0.717) is 17.3 Å². The van der Waals surface area contributed by atoms with E-state index in [1.54, 1.807) is 6.33 Å². The van der Waals surface area contributed by atoms with Crippen LogP contribution in [0.4, 0.5) is 0 Å². The van der Waals surface area contributed by atoms with Crippen LogP contribution in [0.1, 0.15) is 35.8 Å². The van der Waals surface area contributed by atoms with Crippen LogP contribution in [-0.4, -0.2) is 33.6 Å². The standard InChI is InChI=1S/C20H17ClN4O2/c1-27-18(26)10-8-16-20-24-22-12-25(20)17-9-7-14(21)11-15(17)19(23-16)13-5-3-2-4-6-13/h2-7,9,11-12,16H,8,10H2,1H3. The van der Waals surface area contributed by atoms with Crippen molar-refractivity contribution in [2.45, 2.75) is 18.9 Å². The molecule has 7 heteroatoms. The molecule has 0 fully saturated rings. The van der Waals surface area contributed by atoms with Crippen LogP contribution in [0.25, 0.3) is 5.69 Å². The molecule has 2 aromatic carbocycles. The van der Waals surface area contributed by atoms with E-state index in [2.05, 4.69) is 10.2 Å². The quantitative estimate of drug-likeness (QED) is 0.646.